The fourth-order valence-electron chi connectivity index (χ4n) is 1.94. The number of amides is 2. The summed E-state index contributed by atoms with van der Waals surface area (Å²) in [5.74, 6) is -0.365. The molecule has 1 fully saturated rings. The highest BCUT2D eigenvalue weighted by molar-refractivity contribution is 8.26. The van der Waals surface area contributed by atoms with Crippen LogP contribution in [0.3, 0.4) is 0 Å². The number of aryl methyl sites for hydroxylation is 1. The normalized spacial score (nSPS) is 16.1. The van der Waals surface area contributed by atoms with Gasteiger partial charge in [-0.3, -0.25) is 19.8 Å². The maximum atomic E-state index is 12.1. The van der Waals surface area contributed by atoms with Crippen molar-refractivity contribution in [2.45, 2.75) is 6.92 Å². The Morgan fingerprint density at radius 3 is 2.54 bits per heavy atom. The van der Waals surface area contributed by atoms with Gasteiger partial charge < -0.3 is 0 Å². The molecule has 1 aliphatic heterocycles. The fourth-order valence-corrected chi connectivity index (χ4v) is 3.71. The molecule has 3 rings (SSSR count). The number of thioether (sulfide) groups is 1. The van der Waals surface area contributed by atoms with Crippen LogP contribution in [0.15, 0.2) is 29.2 Å². The zero-order valence-corrected chi connectivity index (χ0v) is 15.2. The van der Waals surface area contributed by atoms with E-state index in [0.717, 1.165) is 10.6 Å². The molecule has 0 bridgehead atoms. The number of thiocarbonyl (C=S) groups is 1. The molecule has 1 aliphatic rings. The summed E-state index contributed by atoms with van der Waals surface area (Å²) in [7, 11) is 1.65. The molecule has 0 spiro atoms. The van der Waals surface area contributed by atoms with E-state index in [1.54, 1.807) is 37.4 Å². The number of carbonyl (C=O) groups excluding carboxylic acids is 2. The Morgan fingerprint density at radius 1 is 1.29 bits per heavy atom. The number of carbonyl (C=O) groups is 2. The number of hydrogen-bond acceptors (Lipinski definition) is 7. The van der Waals surface area contributed by atoms with E-state index in [0.29, 0.717) is 19.9 Å². The van der Waals surface area contributed by atoms with E-state index >= 15 is 0 Å². The molecule has 1 aromatic heterocycles. The highest BCUT2D eigenvalue weighted by Crippen LogP contribution is 2.31. The van der Waals surface area contributed by atoms with Crippen molar-refractivity contribution in [1.29, 1.82) is 0 Å². The summed E-state index contributed by atoms with van der Waals surface area (Å²) in [5.41, 5.74) is 1.33. The molecular weight excluding hydrogens is 364 g/mol. The second-order valence-corrected chi connectivity index (χ2v) is 7.80. The molecule has 0 atom stereocenters. The number of rotatable bonds is 3. The highest BCUT2D eigenvalue weighted by Gasteiger charge is 2.28. The number of nitrogens with zero attached hydrogens (tertiary/aromatic N) is 3. The number of likely N-dealkylation sites (N-methyl/N-ethyl adjacent to an activating group) is 1. The summed E-state index contributed by atoms with van der Waals surface area (Å²) in [5, 5.41) is 11.7. The average molecular weight is 376 g/mol. The Morgan fingerprint density at radius 2 is 2.00 bits per heavy atom. The lowest BCUT2D eigenvalue weighted by atomic mass is 10.1. The summed E-state index contributed by atoms with van der Waals surface area (Å²) >= 11 is 7.68. The zero-order valence-electron chi connectivity index (χ0n) is 12.8. The van der Waals surface area contributed by atoms with Gasteiger partial charge >= 0.3 is 0 Å². The number of hydrogen-bond donors (Lipinski definition) is 1. The molecule has 2 amide bonds. The maximum absolute atomic E-state index is 12.1. The monoisotopic (exact) mass is 376 g/mol. The van der Waals surface area contributed by atoms with Crippen molar-refractivity contribution in [2.75, 3.05) is 12.4 Å². The topological polar surface area (TPSA) is 75.2 Å². The zero-order chi connectivity index (χ0) is 17.3. The summed E-state index contributed by atoms with van der Waals surface area (Å²) in [6, 6.07) is 6.95. The van der Waals surface area contributed by atoms with Gasteiger partial charge in [-0.15, -0.1) is 10.2 Å². The first-order valence-electron chi connectivity index (χ1n) is 6.87. The van der Waals surface area contributed by atoms with Crippen LogP contribution in [0, 0.1) is 6.92 Å². The Bertz CT molecular complexity index is 858. The van der Waals surface area contributed by atoms with Crippen LogP contribution in [-0.2, 0) is 4.79 Å². The van der Waals surface area contributed by atoms with Crippen LogP contribution < -0.4 is 5.32 Å². The molecule has 0 saturated carbocycles. The van der Waals surface area contributed by atoms with Gasteiger partial charge in [-0.25, -0.2) is 0 Å². The molecule has 9 heteroatoms. The molecular formula is C15H12N4O2S3. The second kappa shape index (κ2) is 6.80. The first kappa shape index (κ1) is 16.7. The third-order valence-corrected chi connectivity index (χ3v) is 5.44. The molecule has 0 aliphatic carbocycles. The SMILES string of the molecule is Cc1nnc(NC(=O)c2ccc(/C=C3\SC(=S)N(C)C3=O)cc2)s1. The summed E-state index contributed by atoms with van der Waals surface area (Å²) in [6.07, 6.45) is 1.76. The highest BCUT2D eigenvalue weighted by atomic mass is 32.2. The van der Waals surface area contributed by atoms with E-state index in [1.165, 1.54) is 28.0 Å². The van der Waals surface area contributed by atoms with E-state index in [9.17, 15) is 9.59 Å². The average Bonchev–Trinajstić information content (AvgIpc) is 3.07. The van der Waals surface area contributed by atoms with E-state index in [2.05, 4.69) is 15.5 Å². The number of anilines is 1. The minimum atomic E-state index is -0.252. The Labute approximate surface area is 152 Å². The first-order chi connectivity index (χ1) is 11.4. The summed E-state index contributed by atoms with van der Waals surface area (Å²) < 4.78 is 0.537. The fraction of sp³-hybridized carbons (Fsp3) is 0.133. The van der Waals surface area contributed by atoms with E-state index in [-0.39, 0.29) is 11.8 Å². The van der Waals surface area contributed by atoms with Crippen LogP contribution >= 0.6 is 35.3 Å². The third-order valence-electron chi connectivity index (χ3n) is 3.20. The van der Waals surface area contributed by atoms with Crippen molar-refractivity contribution in [3.05, 3.63) is 45.3 Å². The smallest absolute Gasteiger partial charge is 0.265 e. The number of benzene rings is 1. The molecule has 2 heterocycles. The van der Waals surface area contributed by atoms with Crippen LogP contribution in [0.25, 0.3) is 6.08 Å². The van der Waals surface area contributed by atoms with Crippen molar-refractivity contribution in [1.82, 2.24) is 15.1 Å². The summed E-state index contributed by atoms with van der Waals surface area (Å²) in [4.78, 5) is 26.1. The lowest BCUT2D eigenvalue weighted by Gasteiger charge is -2.04. The molecule has 6 nitrogen and oxygen atoms in total. The quantitative estimate of drug-likeness (QED) is 0.656. The second-order valence-electron chi connectivity index (χ2n) is 4.94. The molecule has 0 radical (unpaired) electrons. The van der Waals surface area contributed by atoms with E-state index in [4.69, 9.17) is 12.2 Å². The number of aromatic nitrogens is 2. The molecule has 1 N–H and O–H groups in total. The van der Waals surface area contributed by atoms with Crippen molar-refractivity contribution in [3.63, 3.8) is 0 Å². The van der Waals surface area contributed by atoms with Crippen molar-refractivity contribution in [3.8, 4) is 0 Å². The Kier molecular flexibility index (Phi) is 4.74. The van der Waals surface area contributed by atoms with Crippen molar-refractivity contribution in [2.24, 2.45) is 0 Å². The van der Waals surface area contributed by atoms with Gasteiger partial charge in [0.2, 0.25) is 5.13 Å². The molecule has 122 valence electrons. The Hall–Kier alpha value is -2.10. The first-order valence-corrected chi connectivity index (χ1v) is 8.91. The van der Waals surface area contributed by atoms with Gasteiger partial charge in [0, 0.05) is 12.6 Å². The number of nitrogens with one attached hydrogen (secondary N) is 1. The van der Waals surface area contributed by atoms with Crippen LogP contribution in [0.2, 0.25) is 0 Å². The van der Waals surface area contributed by atoms with Gasteiger partial charge in [0.05, 0.1) is 4.91 Å². The molecule has 1 saturated heterocycles. The van der Waals surface area contributed by atoms with Crippen LogP contribution in [-0.4, -0.2) is 38.3 Å². The molecule has 24 heavy (non-hydrogen) atoms. The standard InChI is InChI=1S/C15H12N4O2S3/c1-8-17-18-14(23-8)16-12(20)10-5-3-9(4-6-10)7-11-13(21)19(2)15(22)24-11/h3-7H,1-2H3,(H,16,18,20)/b11-7-. The van der Waals surface area contributed by atoms with Gasteiger partial charge in [-0.05, 0) is 30.7 Å². The van der Waals surface area contributed by atoms with Gasteiger partial charge in [0.25, 0.3) is 11.8 Å². The lowest BCUT2D eigenvalue weighted by Crippen LogP contribution is -2.22. The van der Waals surface area contributed by atoms with Gasteiger partial charge in [0.15, 0.2) is 0 Å². The van der Waals surface area contributed by atoms with Gasteiger partial charge in [0.1, 0.15) is 9.33 Å². The summed E-state index contributed by atoms with van der Waals surface area (Å²) in [6.45, 7) is 1.82. The van der Waals surface area contributed by atoms with Crippen LogP contribution in [0.5, 0.6) is 0 Å². The lowest BCUT2D eigenvalue weighted by molar-refractivity contribution is -0.121. The third kappa shape index (κ3) is 3.53. The minimum Gasteiger partial charge on any atom is -0.296 e. The molecule has 2 aromatic rings. The van der Waals surface area contributed by atoms with Gasteiger partial charge in [-0.2, -0.15) is 0 Å². The van der Waals surface area contributed by atoms with Crippen LogP contribution in [0.4, 0.5) is 5.13 Å². The molecule has 1 aromatic carbocycles. The van der Waals surface area contributed by atoms with E-state index < -0.39 is 0 Å². The van der Waals surface area contributed by atoms with Crippen molar-refractivity contribution < 1.29 is 9.59 Å². The maximum Gasteiger partial charge on any atom is 0.265 e. The predicted molar refractivity (Wildman–Crippen MR) is 100.0 cm³/mol. The minimum absolute atomic E-state index is 0.113. The van der Waals surface area contributed by atoms with Crippen molar-refractivity contribution >= 4 is 62.7 Å². The largest absolute Gasteiger partial charge is 0.296 e. The van der Waals surface area contributed by atoms with E-state index in [1.807, 2.05) is 6.92 Å². The Balaban J connectivity index is 1.73. The van der Waals surface area contributed by atoms with Crippen LogP contribution in [0.1, 0.15) is 20.9 Å². The van der Waals surface area contributed by atoms with Gasteiger partial charge in [-0.1, -0.05) is 47.4 Å². The predicted octanol–water partition coefficient (Wildman–Crippen LogP) is 2.93. The molecule has 0 unspecified atom stereocenters.